The molecule has 4 amide bonds. The molecule has 9 nitrogen and oxygen atoms in total. The largest absolute Gasteiger partial charge is 0.436 e. The van der Waals surface area contributed by atoms with E-state index in [1.54, 1.807) is 12.2 Å². The van der Waals surface area contributed by atoms with E-state index in [0.717, 1.165) is 25.2 Å². The molecule has 1 atom stereocenters. The van der Waals surface area contributed by atoms with E-state index in [1.807, 2.05) is 18.2 Å². The number of likely N-dealkylation sites (N-methyl/N-ethyl adjacent to an activating group) is 1. The van der Waals surface area contributed by atoms with Crippen molar-refractivity contribution in [3.05, 3.63) is 47.2 Å². The Bertz CT molecular complexity index is 866. The maximum Gasteiger partial charge on any atom is 0.436 e. The van der Waals surface area contributed by atoms with Crippen LogP contribution in [0.5, 0.6) is 0 Å². The van der Waals surface area contributed by atoms with Gasteiger partial charge in [-0.1, -0.05) is 32.1 Å². The fourth-order valence-electron chi connectivity index (χ4n) is 3.64. The number of imide groups is 1. The van der Waals surface area contributed by atoms with E-state index in [0.29, 0.717) is 29.3 Å². The van der Waals surface area contributed by atoms with Crippen LogP contribution in [0, 0.1) is 5.92 Å². The summed E-state index contributed by atoms with van der Waals surface area (Å²) in [5.41, 5.74) is 2.19. The van der Waals surface area contributed by atoms with E-state index in [1.165, 1.54) is 0 Å². The van der Waals surface area contributed by atoms with Crippen molar-refractivity contribution in [2.24, 2.45) is 5.92 Å². The van der Waals surface area contributed by atoms with Gasteiger partial charge in [0.1, 0.15) is 0 Å². The van der Waals surface area contributed by atoms with Crippen LogP contribution in [0.2, 0.25) is 0 Å². The number of amides is 4. The first-order chi connectivity index (χ1) is 14.9. The molecule has 3 aliphatic rings. The second-order valence-electron chi connectivity index (χ2n) is 7.49. The van der Waals surface area contributed by atoms with Crippen molar-refractivity contribution in [2.75, 3.05) is 26.2 Å². The summed E-state index contributed by atoms with van der Waals surface area (Å²) in [7, 11) is 0. The van der Waals surface area contributed by atoms with Crippen molar-refractivity contribution in [1.29, 1.82) is 0 Å². The zero-order valence-corrected chi connectivity index (χ0v) is 17.8. The third-order valence-electron chi connectivity index (χ3n) is 5.49. The van der Waals surface area contributed by atoms with E-state index in [-0.39, 0.29) is 24.7 Å². The van der Waals surface area contributed by atoms with Crippen molar-refractivity contribution in [2.45, 2.75) is 33.1 Å². The van der Waals surface area contributed by atoms with Crippen molar-refractivity contribution in [3.63, 3.8) is 0 Å². The van der Waals surface area contributed by atoms with Crippen LogP contribution in [-0.2, 0) is 19.2 Å². The number of nitrogens with one attached hydrogen (secondary N) is 2. The summed E-state index contributed by atoms with van der Waals surface area (Å²) >= 11 is 0. The first-order valence-electron chi connectivity index (χ1n) is 10.6. The van der Waals surface area contributed by atoms with Gasteiger partial charge in [0, 0.05) is 43.1 Å². The molecular formula is C22H28N4O5. The number of fused-ring (bicyclic) bond motifs is 1. The Hall–Kier alpha value is -3.20. The monoisotopic (exact) mass is 428 g/mol. The Morgan fingerprint density at radius 3 is 2.52 bits per heavy atom. The second-order valence-corrected chi connectivity index (χ2v) is 7.49. The minimum absolute atomic E-state index is 0.0415. The number of hydroxylamine groups is 2. The maximum absolute atomic E-state index is 12.5. The molecule has 0 spiro atoms. The average Bonchev–Trinajstić information content (AvgIpc) is 3.08. The first-order valence-corrected chi connectivity index (χ1v) is 10.6. The minimum atomic E-state index is -0.892. The third-order valence-corrected chi connectivity index (χ3v) is 5.49. The molecule has 3 rings (SSSR count). The van der Waals surface area contributed by atoms with Crippen molar-refractivity contribution >= 4 is 23.8 Å². The number of carbonyl (C=O) groups excluding carboxylic acids is 4. The normalized spacial score (nSPS) is 20.2. The van der Waals surface area contributed by atoms with Gasteiger partial charge in [0.05, 0.1) is 0 Å². The van der Waals surface area contributed by atoms with Crippen LogP contribution >= 0.6 is 0 Å². The van der Waals surface area contributed by atoms with Crippen molar-refractivity contribution in [3.8, 4) is 0 Å². The predicted molar refractivity (Wildman–Crippen MR) is 113 cm³/mol. The number of hydrogen-bond acceptors (Lipinski definition) is 6. The molecule has 2 aliphatic carbocycles. The lowest BCUT2D eigenvalue weighted by molar-refractivity contribution is -0.171. The van der Waals surface area contributed by atoms with Crippen LogP contribution in [0.3, 0.4) is 0 Å². The molecule has 0 unspecified atom stereocenters. The highest BCUT2D eigenvalue weighted by molar-refractivity contribution is 6.01. The third kappa shape index (κ3) is 5.69. The van der Waals surface area contributed by atoms with Gasteiger partial charge < -0.3 is 15.1 Å². The van der Waals surface area contributed by atoms with Crippen LogP contribution in [-0.4, -0.2) is 60.0 Å². The van der Waals surface area contributed by atoms with Gasteiger partial charge in [0.2, 0.25) is 0 Å². The molecule has 0 aromatic rings. The molecule has 1 heterocycles. The SMILES string of the molecule is CCN(CC)CCNC(=O)C1=C[C@H]2CC(NC(=O)ON3C(=O)CCC3=O)=CC=C2C=C1. The number of hydrogen-bond donors (Lipinski definition) is 2. The maximum atomic E-state index is 12.5. The molecular weight excluding hydrogens is 400 g/mol. The second kappa shape index (κ2) is 10.2. The average molecular weight is 428 g/mol. The van der Waals surface area contributed by atoms with E-state index >= 15 is 0 Å². The molecule has 0 saturated carbocycles. The Morgan fingerprint density at radius 1 is 1.13 bits per heavy atom. The minimum Gasteiger partial charge on any atom is -0.351 e. The Labute approximate surface area is 181 Å². The molecule has 1 saturated heterocycles. The molecule has 1 fully saturated rings. The molecule has 0 aromatic carbocycles. The fraction of sp³-hybridized carbons (Fsp3) is 0.455. The van der Waals surface area contributed by atoms with Gasteiger partial charge in [-0.25, -0.2) is 4.79 Å². The summed E-state index contributed by atoms with van der Waals surface area (Å²) in [5, 5.41) is 6.02. The Morgan fingerprint density at radius 2 is 1.84 bits per heavy atom. The molecule has 1 aliphatic heterocycles. The molecule has 0 radical (unpaired) electrons. The van der Waals surface area contributed by atoms with Crippen LogP contribution in [0.4, 0.5) is 4.79 Å². The highest BCUT2D eigenvalue weighted by Gasteiger charge is 2.33. The van der Waals surface area contributed by atoms with E-state index in [4.69, 9.17) is 4.84 Å². The highest BCUT2D eigenvalue weighted by Crippen LogP contribution is 2.31. The van der Waals surface area contributed by atoms with Crippen LogP contribution in [0.25, 0.3) is 0 Å². The van der Waals surface area contributed by atoms with Crippen LogP contribution in [0.15, 0.2) is 47.2 Å². The molecule has 0 bridgehead atoms. The Kier molecular flexibility index (Phi) is 7.41. The van der Waals surface area contributed by atoms with Gasteiger partial charge in [-0.3, -0.25) is 19.7 Å². The lowest BCUT2D eigenvalue weighted by Crippen LogP contribution is -2.37. The molecule has 2 N–H and O–H groups in total. The molecule has 31 heavy (non-hydrogen) atoms. The van der Waals surface area contributed by atoms with Gasteiger partial charge in [-0.15, -0.1) is 5.06 Å². The van der Waals surface area contributed by atoms with E-state index < -0.39 is 17.9 Å². The van der Waals surface area contributed by atoms with Gasteiger partial charge in [0.15, 0.2) is 0 Å². The summed E-state index contributed by atoms with van der Waals surface area (Å²) in [6.45, 7) is 7.43. The lowest BCUT2D eigenvalue weighted by atomic mass is 9.84. The number of allylic oxidation sites excluding steroid dienone is 6. The zero-order valence-electron chi connectivity index (χ0n) is 17.8. The molecule has 166 valence electrons. The zero-order chi connectivity index (χ0) is 22.4. The smallest absolute Gasteiger partial charge is 0.351 e. The predicted octanol–water partition coefficient (Wildman–Crippen LogP) is 1.56. The molecule has 0 aromatic heterocycles. The first kappa shape index (κ1) is 22.5. The van der Waals surface area contributed by atoms with Crippen LogP contribution < -0.4 is 10.6 Å². The molecule has 9 heteroatoms. The fourth-order valence-corrected chi connectivity index (χ4v) is 3.64. The Balaban J connectivity index is 1.53. The topological polar surface area (TPSA) is 108 Å². The van der Waals surface area contributed by atoms with Crippen LogP contribution in [0.1, 0.15) is 33.1 Å². The quantitative estimate of drug-likeness (QED) is 0.568. The summed E-state index contributed by atoms with van der Waals surface area (Å²) < 4.78 is 0. The summed E-state index contributed by atoms with van der Waals surface area (Å²) in [5.74, 6) is -1.25. The van der Waals surface area contributed by atoms with Gasteiger partial charge in [0.25, 0.3) is 17.7 Å². The van der Waals surface area contributed by atoms with Crippen molar-refractivity contribution in [1.82, 2.24) is 20.6 Å². The summed E-state index contributed by atoms with van der Waals surface area (Å²) in [6.07, 6.45) is 8.83. The van der Waals surface area contributed by atoms with Crippen molar-refractivity contribution < 1.29 is 24.0 Å². The van der Waals surface area contributed by atoms with Gasteiger partial charge in [-0.05, 0) is 37.2 Å². The standard InChI is InChI=1S/C22H28N4O5/c1-3-25(4-2)12-11-23-21(29)16-6-5-15-7-8-18(14-17(15)13-16)24-22(30)31-26-19(27)9-10-20(26)28/h5-8,13,17H,3-4,9-12,14H2,1-2H3,(H,23,29)(H,24,30)/t17-/m0/s1. The van der Waals surface area contributed by atoms with E-state index in [9.17, 15) is 19.2 Å². The summed E-state index contributed by atoms with van der Waals surface area (Å²) in [6, 6.07) is 0. The van der Waals surface area contributed by atoms with Gasteiger partial charge >= 0.3 is 6.09 Å². The lowest BCUT2D eigenvalue weighted by Gasteiger charge is -2.25. The number of rotatable bonds is 8. The number of nitrogens with zero attached hydrogens (tertiary/aromatic N) is 2. The highest BCUT2D eigenvalue weighted by atomic mass is 16.7. The van der Waals surface area contributed by atoms with Gasteiger partial charge in [-0.2, -0.15) is 0 Å². The van der Waals surface area contributed by atoms with E-state index in [2.05, 4.69) is 29.4 Å². The summed E-state index contributed by atoms with van der Waals surface area (Å²) in [4.78, 5) is 54.8. The number of carbonyl (C=O) groups is 4.